The molecule has 4 rings (SSSR count). The molecule has 2 radical (unpaired) electrons. The molecule has 4 atom stereocenters. The maximum Gasteiger partial charge on any atom is 0.199 e. The Balaban J connectivity index is 1.46. The van der Waals surface area contributed by atoms with Crippen molar-refractivity contribution in [2.45, 2.75) is 25.6 Å². The van der Waals surface area contributed by atoms with Crippen LogP contribution in [0, 0.1) is 24.4 Å². The summed E-state index contributed by atoms with van der Waals surface area (Å²) in [5, 5.41) is 10.7. The minimum atomic E-state index is -0.455. The molecule has 2 saturated heterocycles. The van der Waals surface area contributed by atoms with Crippen LogP contribution in [0.5, 0.6) is 5.75 Å². The van der Waals surface area contributed by atoms with E-state index in [-0.39, 0.29) is 23.9 Å². The second-order valence-corrected chi connectivity index (χ2v) is 8.43. The van der Waals surface area contributed by atoms with E-state index < -0.39 is 5.92 Å². The number of ether oxygens (including phenoxy) is 3. The zero-order valence-electron chi connectivity index (χ0n) is 19.2. The van der Waals surface area contributed by atoms with Crippen molar-refractivity contribution in [3.05, 3.63) is 108 Å². The highest BCUT2D eigenvalue weighted by molar-refractivity contribution is 5.50. The van der Waals surface area contributed by atoms with Crippen LogP contribution in [0.2, 0.25) is 0 Å². The zero-order chi connectivity index (χ0) is 23.6. The summed E-state index contributed by atoms with van der Waals surface area (Å²) in [5.74, 6) is 0.354. The second kappa shape index (κ2) is 12.3. The summed E-state index contributed by atoms with van der Waals surface area (Å²) in [6, 6.07) is 17.6. The van der Waals surface area contributed by atoms with E-state index in [1.54, 1.807) is 6.08 Å². The molecule has 4 heteroatoms. The molecule has 1 N–H and O–H groups in total. The monoisotopic (exact) mass is 454 g/mol. The molecule has 4 nitrogen and oxygen atoms in total. The highest BCUT2D eigenvalue weighted by atomic mass is 16.7. The van der Waals surface area contributed by atoms with Gasteiger partial charge in [-0.2, -0.15) is 0 Å². The molecule has 4 unspecified atom stereocenters. The number of aliphatic hydroxyl groups excluding tert-OH is 1. The van der Waals surface area contributed by atoms with E-state index in [1.807, 2.05) is 72.8 Å². The molecule has 2 aromatic rings. The van der Waals surface area contributed by atoms with Crippen molar-refractivity contribution < 1.29 is 19.3 Å². The molecule has 0 spiro atoms. The van der Waals surface area contributed by atoms with E-state index >= 15 is 0 Å². The van der Waals surface area contributed by atoms with Crippen LogP contribution in [0.15, 0.2) is 90.5 Å². The van der Waals surface area contributed by atoms with Gasteiger partial charge < -0.3 is 19.3 Å². The van der Waals surface area contributed by atoms with E-state index in [4.69, 9.17) is 14.2 Å². The minimum absolute atomic E-state index is 0.0269. The Labute approximate surface area is 202 Å². The summed E-state index contributed by atoms with van der Waals surface area (Å²) in [6.07, 6.45) is 10.5. The Bertz CT molecular complexity index is 1050. The second-order valence-electron chi connectivity index (χ2n) is 8.43. The van der Waals surface area contributed by atoms with Crippen molar-refractivity contribution in [3.8, 4) is 5.75 Å². The van der Waals surface area contributed by atoms with Gasteiger partial charge in [0.05, 0.1) is 19.1 Å². The fraction of sp³-hybridized carbons (Fsp3) is 0.300. The van der Waals surface area contributed by atoms with Crippen LogP contribution in [-0.2, 0) is 9.47 Å². The number of aliphatic hydroxyl groups is 1. The molecule has 2 aliphatic heterocycles. The first-order chi connectivity index (χ1) is 16.7. The van der Waals surface area contributed by atoms with Gasteiger partial charge in [-0.3, -0.25) is 0 Å². The van der Waals surface area contributed by atoms with Crippen molar-refractivity contribution in [2.24, 2.45) is 17.8 Å². The minimum Gasteiger partial charge on any atom is -0.504 e. The highest BCUT2D eigenvalue weighted by Gasteiger charge is 2.34. The topological polar surface area (TPSA) is 47.9 Å². The lowest BCUT2D eigenvalue weighted by molar-refractivity contribution is -0.105. The van der Waals surface area contributed by atoms with Gasteiger partial charge in [-0.1, -0.05) is 54.3 Å². The lowest BCUT2D eigenvalue weighted by Crippen LogP contribution is -2.31. The lowest BCUT2D eigenvalue weighted by Gasteiger charge is -2.32. The Kier molecular flexibility index (Phi) is 8.62. The van der Waals surface area contributed by atoms with Gasteiger partial charge in [0, 0.05) is 18.3 Å². The first-order valence-corrected chi connectivity index (χ1v) is 11.7. The Morgan fingerprint density at radius 3 is 2.59 bits per heavy atom. The number of rotatable bonds is 7. The van der Waals surface area contributed by atoms with Crippen LogP contribution in [-0.4, -0.2) is 24.6 Å². The molecular formula is C30H30O4. The van der Waals surface area contributed by atoms with Gasteiger partial charge >= 0.3 is 0 Å². The fourth-order valence-corrected chi connectivity index (χ4v) is 4.00. The van der Waals surface area contributed by atoms with Gasteiger partial charge in [-0.15, -0.1) is 12.3 Å². The molecule has 0 saturated carbocycles. The fourth-order valence-electron chi connectivity index (χ4n) is 4.00. The molecule has 174 valence electrons. The molecule has 34 heavy (non-hydrogen) atoms. The van der Waals surface area contributed by atoms with Crippen LogP contribution in [0.25, 0.3) is 12.2 Å². The van der Waals surface area contributed by atoms with E-state index in [1.165, 1.54) is 0 Å². The van der Waals surface area contributed by atoms with Crippen molar-refractivity contribution in [3.63, 3.8) is 0 Å². The number of hydrogen-bond donors (Lipinski definition) is 1. The quantitative estimate of drug-likeness (QED) is 0.290. The Morgan fingerprint density at radius 2 is 1.85 bits per heavy atom. The summed E-state index contributed by atoms with van der Waals surface area (Å²) in [6.45, 7) is 8.10. The summed E-state index contributed by atoms with van der Waals surface area (Å²) in [5.41, 5.74) is 8.22. The Morgan fingerprint density at radius 1 is 1.06 bits per heavy atom. The van der Waals surface area contributed by atoms with E-state index in [0.29, 0.717) is 6.61 Å². The smallest absolute Gasteiger partial charge is 0.199 e. The maximum atomic E-state index is 10.7. The predicted molar refractivity (Wildman–Crippen MR) is 134 cm³/mol. The van der Waals surface area contributed by atoms with E-state index in [2.05, 4.69) is 24.6 Å². The number of allylic oxidation sites excluding steroid dienone is 1. The van der Waals surface area contributed by atoms with Gasteiger partial charge in [-0.25, -0.2) is 0 Å². The first-order valence-electron chi connectivity index (χ1n) is 11.7. The third-order valence-corrected chi connectivity index (χ3v) is 5.97. The molecule has 0 amide bonds. The summed E-state index contributed by atoms with van der Waals surface area (Å²) in [7, 11) is 0. The normalized spacial score (nSPS) is 24.1. The van der Waals surface area contributed by atoms with Crippen LogP contribution in [0.3, 0.4) is 0 Å². The third kappa shape index (κ3) is 6.63. The lowest BCUT2D eigenvalue weighted by atomic mass is 9.79. The third-order valence-electron chi connectivity index (χ3n) is 5.97. The van der Waals surface area contributed by atoms with Crippen LogP contribution >= 0.6 is 0 Å². The zero-order valence-corrected chi connectivity index (χ0v) is 19.2. The summed E-state index contributed by atoms with van der Waals surface area (Å²) >= 11 is 0. The van der Waals surface area contributed by atoms with Crippen molar-refractivity contribution in [1.29, 1.82) is 0 Å². The van der Waals surface area contributed by atoms with Gasteiger partial charge in [0.15, 0.2) is 6.29 Å². The summed E-state index contributed by atoms with van der Waals surface area (Å²) < 4.78 is 17.0. The SMILES string of the molecule is C=CC1CO[C]C(C(O)=C=Cc2ccccc2)C1C=C=Cc1ccc(OC2CCCCO2)cc1. The average molecular weight is 455 g/mol. The molecule has 2 fully saturated rings. The standard InChI is InChI=1S/C30H30O4/c1-2-25-21-32-22-28(29(31)19-16-23-9-4-3-5-10-23)27(25)12-8-11-24-14-17-26(18-15-24)34-30-13-6-7-20-33-30/h2-5,9-12,14-18,25,27-28,30-31H,1,6-7,13,20-21H2. The number of benzene rings is 2. The van der Waals surface area contributed by atoms with Gasteiger partial charge in [0.1, 0.15) is 18.1 Å². The van der Waals surface area contributed by atoms with Crippen molar-refractivity contribution in [1.82, 2.24) is 0 Å². The van der Waals surface area contributed by atoms with Gasteiger partial charge in [0.25, 0.3) is 0 Å². The van der Waals surface area contributed by atoms with Crippen LogP contribution in [0.4, 0.5) is 0 Å². The van der Waals surface area contributed by atoms with Gasteiger partial charge in [-0.05, 0) is 54.3 Å². The van der Waals surface area contributed by atoms with Crippen molar-refractivity contribution >= 4 is 12.2 Å². The molecule has 0 aliphatic carbocycles. The number of hydrogen-bond acceptors (Lipinski definition) is 4. The summed E-state index contributed by atoms with van der Waals surface area (Å²) in [4.78, 5) is 0. The molecule has 0 aromatic heterocycles. The molecule has 2 heterocycles. The molecule has 0 bridgehead atoms. The molecule has 2 aliphatic rings. The largest absolute Gasteiger partial charge is 0.504 e. The van der Waals surface area contributed by atoms with Crippen molar-refractivity contribution in [2.75, 3.05) is 13.2 Å². The molecular weight excluding hydrogens is 424 g/mol. The maximum absolute atomic E-state index is 10.7. The predicted octanol–water partition coefficient (Wildman–Crippen LogP) is 6.62. The van der Waals surface area contributed by atoms with Gasteiger partial charge in [0.2, 0.25) is 0 Å². The highest BCUT2D eigenvalue weighted by Crippen LogP contribution is 2.35. The Hall–Kier alpha value is -3.26. The first kappa shape index (κ1) is 23.9. The van der Waals surface area contributed by atoms with Crippen LogP contribution < -0.4 is 4.74 Å². The van der Waals surface area contributed by atoms with Crippen LogP contribution in [0.1, 0.15) is 30.4 Å². The van der Waals surface area contributed by atoms with E-state index in [9.17, 15) is 5.11 Å². The molecule has 2 aromatic carbocycles. The van der Waals surface area contributed by atoms with E-state index in [0.717, 1.165) is 42.7 Å². The average Bonchev–Trinajstić information content (AvgIpc) is 2.89.